The van der Waals surface area contributed by atoms with Crippen LogP contribution in [0.4, 0.5) is 0 Å². The molecule has 1 heterocycles. The number of sulfonamides is 1. The monoisotopic (exact) mass is 328 g/mol. The van der Waals surface area contributed by atoms with Crippen molar-refractivity contribution >= 4 is 21.6 Å². The number of ether oxygens (including phenoxy) is 1. The highest BCUT2D eigenvalue weighted by Gasteiger charge is 2.32. The molecular weight excluding hydrogens is 312 g/mol. The molecule has 0 radical (unpaired) electrons. The predicted octanol–water partition coefficient (Wildman–Crippen LogP) is 2.40. The standard InChI is InChI=1S/C14H17ClN2O3S/c1-2-20-12-4-3-7-17(10-12)21(18,19)14-8-11(9-16)5-6-13(14)15/h5-6,8,12H,2-4,7,10H2,1H3. The fraction of sp³-hybridized carbons (Fsp3) is 0.500. The number of hydrogen-bond acceptors (Lipinski definition) is 4. The molecule has 5 nitrogen and oxygen atoms in total. The largest absolute Gasteiger partial charge is 0.377 e. The van der Waals surface area contributed by atoms with Crippen molar-refractivity contribution in [2.75, 3.05) is 19.7 Å². The lowest BCUT2D eigenvalue weighted by Crippen LogP contribution is -2.43. The third-order valence-corrected chi connectivity index (χ3v) is 5.77. The van der Waals surface area contributed by atoms with Crippen molar-refractivity contribution in [3.05, 3.63) is 28.8 Å². The second-order valence-electron chi connectivity index (χ2n) is 4.84. The van der Waals surface area contributed by atoms with E-state index in [1.54, 1.807) is 0 Å². The maximum absolute atomic E-state index is 12.7. The van der Waals surface area contributed by atoms with Crippen molar-refractivity contribution in [3.8, 4) is 6.07 Å². The lowest BCUT2D eigenvalue weighted by molar-refractivity contribution is 0.0265. The van der Waals surface area contributed by atoms with E-state index in [-0.39, 0.29) is 21.6 Å². The van der Waals surface area contributed by atoms with Crippen LogP contribution in [0.1, 0.15) is 25.3 Å². The van der Waals surface area contributed by atoms with Crippen LogP contribution in [0.2, 0.25) is 5.02 Å². The third-order valence-electron chi connectivity index (χ3n) is 3.42. The van der Waals surface area contributed by atoms with Crippen LogP contribution >= 0.6 is 11.6 Å². The van der Waals surface area contributed by atoms with Crippen LogP contribution in [-0.4, -0.2) is 38.5 Å². The lowest BCUT2D eigenvalue weighted by atomic mass is 10.1. The molecule has 1 aromatic rings. The van der Waals surface area contributed by atoms with Gasteiger partial charge in [-0.3, -0.25) is 0 Å². The van der Waals surface area contributed by atoms with Gasteiger partial charge in [-0.05, 0) is 38.0 Å². The van der Waals surface area contributed by atoms with Gasteiger partial charge in [-0.25, -0.2) is 8.42 Å². The molecule has 21 heavy (non-hydrogen) atoms. The van der Waals surface area contributed by atoms with Crippen molar-refractivity contribution in [3.63, 3.8) is 0 Å². The van der Waals surface area contributed by atoms with E-state index in [9.17, 15) is 8.42 Å². The minimum Gasteiger partial charge on any atom is -0.377 e. The molecule has 1 aromatic carbocycles. The smallest absolute Gasteiger partial charge is 0.244 e. The summed E-state index contributed by atoms with van der Waals surface area (Å²) in [6.07, 6.45) is 1.52. The highest BCUT2D eigenvalue weighted by molar-refractivity contribution is 7.89. The first-order valence-electron chi connectivity index (χ1n) is 6.80. The Hall–Kier alpha value is -1.13. The molecule has 114 valence electrons. The van der Waals surface area contributed by atoms with Crippen LogP contribution in [0.25, 0.3) is 0 Å². The zero-order valence-corrected chi connectivity index (χ0v) is 13.3. The van der Waals surface area contributed by atoms with Gasteiger partial charge in [0.05, 0.1) is 22.8 Å². The summed E-state index contributed by atoms with van der Waals surface area (Å²) in [4.78, 5) is -0.0136. The van der Waals surface area contributed by atoms with Crippen molar-refractivity contribution in [1.29, 1.82) is 5.26 Å². The SMILES string of the molecule is CCOC1CCCN(S(=O)(=O)c2cc(C#N)ccc2Cl)C1. The van der Waals surface area contributed by atoms with Gasteiger partial charge in [-0.2, -0.15) is 9.57 Å². The fourth-order valence-electron chi connectivity index (χ4n) is 2.40. The minimum atomic E-state index is -3.71. The Morgan fingerprint density at radius 1 is 1.52 bits per heavy atom. The normalized spacial score (nSPS) is 20.1. The molecule has 1 aliphatic rings. The zero-order valence-electron chi connectivity index (χ0n) is 11.8. The van der Waals surface area contributed by atoms with E-state index in [2.05, 4.69) is 0 Å². The van der Waals surface area contributed by atoms with E-state index < -0.39 is 10.0 Å². The van der Waals surface area contributed by atoms with E-state index in [1.165, 1.54) is 22.5 Å². The molecule has 0 N–H and O–H groups in total. The Bertz CT molecular complexity index is 653. The van der Waals surface area contributed by atoms with Crippen LogP contribution in [0.15, 0.2) is 23.1 Å². The topological polar surface area (TPSA) is 70.4 Å². The van der Waals surface area contributed by atoms with Crippen LogP contribution in [0.3, 0.4) is 0 Å². The molecule has 2 rings (SSSR count). The Kier molecular flexibility index (Phi) is 5.22. The summed E-state index contributed by atoms with van der Waals surface area (Å²) in [6.45, 7) is 3.21. The number of benzene rings is 1. The van der Waals surface area contributed by atoms with E-state index >= 15 is 0 Å². The van der Waals surface area contributed by atoms with Gasteiger partial charge in [0, 0.05) is 19.7 Å². The maximum atomic E-state index is 12.7. The van der Waals surface area contributed by atoms with Crippen LogP contribution in [0, 0.1) is 11.3 Å². The number of piperidine rings is 1. The van der Waals surface area contributed by atoms with E-state index in [1.807, 2.05) is 13.0 Å². The zero-order chi connectivity index (χ0) is 15.5. The molecule has 7 heteroatoms. The van der Waals surface area contributed by atoms with Crippen molar-refractivity contribution in [2.45, 2.75) is 30.8 Å². The number of nitriles is 1. The van der Waals surface area contributed by atoms with Crippen LogP contribution in [-0.2, 0) is 14.8 Å². The van der Waals surface area contributed by atoms with Gasteiger partial charge < -0.3 is 4.74 Å². The second kappa shape index (κ2) is 6.75. The molecular formula is C14H17ClN2O3S. The van der Waals surface area contributed by atoms with Gasteiger partial charge in [-0.15, -0.1) is 0 Å². The number of hydrogen-bond donors (Lipinski definition) is 0. The summed E-state index contributed by atoms with van der Waals surface area (Å²) >= 11 is 6.01. The average Bonchev–Trinajstić information content (AvgIpc) is 2.48. The summed E-state index contributed by atoms with van der Waals surface area (Å²) in [5.41, 5.74) is 0.274. The van der Waals surface area contributed by atoms with Gasteiger partial charge in [0.25, 0.3) is 0 Å². The molecule has 0 saturated carbocycles. The summed E-state index contributed by atoms with van der Waals surface area (Å²) in [7, 11) is -3.71. The first-order valence-corrected chi connectivity index (χ1v) is 8.62. The number of halogens is 1. The molecule has 0 aromatic heterocycles. The quantitative estimate of drug-likeness (QED) is 0.851. The summed E-state index contributed by atoms with van der Waals surface area (Å²) in [5.74, 6) is 0. The Morgan fingerprint density at radius 3 is 2.95 bits per heavy atom. The van der Waals surface area contributed by atoms with Crippen molar-refractivity contribution in [2.24, 2.45) is 0 Å². The fourth-order valence-corrected chi connectivity index (χ4v) is 4.42. The third kappa shape index (κ3) is 3.55. The second-order valence-corrected chi connectivity index (χ2v) is 7.15. The molecule has 1 unspecified atom stereocenters. The Morgan fingerprint density at radius 2 is 2.29 bits per heavy atom. The summed E-state index contributed by atoms with van der Waals surface area (Å²) < 4.78 is 32.3. The van der Waals surface area contributed by atoms with Crippen molar-refractivity contribution in [1.82, 2.24) is 4.31 Å². The van der Waals surface area contributed by atoms with Gasteiger partial charge in [0.15, 0.2) is 0 Å². The maximum Gasteiger partial charge on any atom is 0.244 e. The van der Waals surface area contributed by atoms with E-state index in [0.29, 0.717) is 19.7 Å². The molecule has 1 atom stereocenters. The molecule has 0 spiro atoms. The molecule has 0 bridgehead atoms. The first-order chi connectivity index (χ1) is 9.98. The molecule has 0 amide bonds. The average molecular weight is 329 g/mol. The van der Waals surface area contributed by atoms with Gasteiger partial charge >= 0.3 is 0 Å². The molecule has 1 fully saturated rings. The van der Waals surface area contributed by atoms with Crippen molar-refractivity contribution < 1.29 is 13.2 Å². The lowest BCUT2D eigenvalue weighted by Gasteiger charge is -2.31. The highest BCUT2D eigenvalue weighted by Crippen LogP contribution is 2.28. The van der Waals surface area contributed by atoms with Gasteiger partial charge in [0.1, 0.15) is 4.90 Å². The van der Waals surface area contributed by atoms with E-state index in [4.69, 9.17) is 21.6 Å². The Balaban J connectivity index is 2.31. The van der Waals surface area contributed by atoms with Gasteiger partial charge in [0.2, 0.25) is 10.0 Å². The predicted molar refractivity (Wildman–Crippen MR) is 79.6 cm³/mol. The Labute approximate surface area is 130 Å². The first kappa shape index (κ1) is 16.2. The van der Waals surface area contributed by atoms with Gasteiger partial charge in [-0.1, -0.05) is 11.6 Å². The molecule has 0 aliphatic carbocycles. The number of rotatable bonds is 4. The minimum absolute atomic E-state index is 0.0136. The van der Waals surface area contributed by atoms with Crippen LogP contribution in [0.5, 0.6) is 0 Å². The van der Waals surface area contributed by atoms with Crippen LogP contribution < -0.4 is 0 Å². The molecule has 1 saturated heterocycles. The molecule has 1 aliphatic heterocycles. The number of nitrogens with zero attached hydrogens (tertiary/aromatic N) is 2. The summed E-state index contributed by atoms with van der Waals surface area (Å²) in [6, 6.07) is 6.20. The summed E-state index contributed by atoms with van der Waals surface area (Å²) in [5, 5.41) is 9.05. The van der Waals surface area contributed by atoms with E-state index in [0.717, 1.165) is 12.8 Å². The highest BCUT2D eigenvalue weighted by atomic mass is 35.5.